The predicted molar refractivity (Wildman–Crippen MR) is 96.7 cm³/mol. The van der Waals surface area contributed by atoms with Gasteiger partial charge in [-0.05, 0) is 43.4 Å². The quantitative estimate of drug-likeness (QED) is 0.608. The molecule has 2 aliphatic rings. The second-order valence-corrected chi connectivity index (χ2v) is 7.91. The van der Waals surface area contributed by atoms with Crippen LogP contribution in [-0.4, -0.2) is 41.5 Å². The van der Waals surface area contributed by atoms with E-state index in [0.29, 0.717) is 29.1 Å². The zero-order valence-corrected chi connectivity index (χ0v) is 16.1. The van der Waals surface area contributed by atoms with Gasteiger partial charge in [0.15, 0.2) is 34.1 Å². The third-order valence-electron chi connectivity index (χ3n) is 5.29. The molecule has 1 aliphatic heterocycles. The van der Waals surface area contributed by atoms with Crippen LogP contribution in [0.1, 0.15) is 53.7 Å². The fraction of sp³-hybridized carbons (Fsp3) is 0.389. The van der Waals surface area contributed by atoms with Crippen molar-refractivity contribution in [3.8, 4) is 10.8 Å². The topological polar surface area (TPSA) is 76.8 Å². The highest BCUT2D eigenvalue weighted by molar-refractivity contribution is 7.09. The van der Waals surface area contributed by atoms with Crippen LogP contribution in [0.15, 0.2) is 12.1 Å². The number of nitrogens with zero attached hydrogens (tertiary/aromatic N) is 6. The summed E-state index contributed by atoms with van der Waals surface area (Å²) in [4.78, 5) is 18.7. The van der Waals surface area contributed by atoms with Crippen molar-refractivity contribution >= 4 is 17.4 Å². The van der Waals surface area contributed by atoms with Crippen molar-refractivity contribution in [2.45, 2.75) is 38.3 Å². The van der Waals surface area contributed by atoms with Gasteiger partial charge in [-0.2, -0.15) is 4.37 Å². The molecule has 2 aromatic heterocycles. The van der Waals surface area contributed by atoms with Gasteiger partial charge in [0.1, 0.15) is 5.82 Å². The number of fused-ring (bicyclic) bond motifs is 1. The van der Waals surface area contributed by atoms with Gasteiger partial charge in [-0.15, -0.1) is 10.2 Å². The van der Waals surface area contributed by atoms with E-state index in [-0.39, 0.29) is 6.54 Å². The molecule has 1 fully saturated rings. The molecule has 0 unspecified atom stereocenters. The first kappa shape index (κ1) is 18.2. The monoisotopic (exact) mass is 420 g/mol. The van der Waals surface area contributed by atoms with E-state index >= 15 is 0 Å². The van der Waals surface area contributed by atoms with E-state index < -0.39 is 35.0 Å². The van der Waals surface area contributed by atoms with Crippen molar-refractivity contribution in [2.24, 2.45) is 0 Å². The Bertz CT molecular complexity index is 1120. The van der Waals surface area contributed by atoms with Crippen molar-refractivity contribution in [1.82, 2.24) is 29.0 Å². The van der Waals surface area contributed by atoms with Crippen LogP contribution in [0.5, 0.6) is 0 Å². The van der Waals surface area contributed by atoms with Gasteiger partial charge in [-0.25, -0.2) is 18.2 Å². The molecule has 29 heavy (non-hydrogen) atoms. The van der Waals surface area contributed by atoms with Crippen LogP contribution < -0.4 is 0 Å². The highest BCUT2D eigenvalue weighted by atomic mass is 32.1. The minimum Gasteiger partial charge on any atom is -0.327 e. The van der Waals surface area contributed by atoms with Gasteiger partial charge < -0.3 is 9.47 Å². The molecule has 11 heteroatoms. The normalized spacial score (nSPS) is 18.8. The van der Waals surface area contributed by atoms with Crippen LogP contribution in [0.3, 0.4) is 0 Å². The summed E-state index contributed by atoms with van der Waals surface area (Å²) >= 11 is 1.27. The van der Waals surface area contributed by atoms with Crippen molar-refractivity contribution < 1.29 is 18.0 Å². The lowest BCUT2D eigenvalue weighted by atomic mass is 10.1. The molecule has 0 saturated heterocycles. The maximum atomic E-state index is 14.1. The van der Waals surface area contributed by atoms with Gasteiger partial charge in [0, 0.05) is 19.0 Å². The Morgan fingerprint density at radius 3 is 2.69 bits per heavy atom. The number of hydrogen-bond donors (Lipinski definition) is 0. The Morgan fingerprint density at radius 2 is 1.93 bits per heavy atom. The lowest BCUT2D eigenvalue weighted by Crippen LogP contribution is -2.41. The Morgan fingerprint density at radius 1 is 1.14 bits per heavy atom. The maximum absolute atomic E-state index is 14.1. The summed E-state index contributed by atoms with van der Waals surface area (Å²) in [6, 6.07) is 1.17. The molecule has 5 rings (SSSR count). The number of benzene rings is 1. The first-order chi connectivity index (χ1) is 14.0. The third kappa shape index (κ3) is 2.91. The first-order valence-corrected chi connectivity index (χ1v) is 9.94. The standard InChI is InChI=1S/C18H15F3N6OS/c1-8-15-23-24-16(17-22-14(25-29-17)9-2-3-9)27(15)7-6-26(8)18(28)10-4-5-11(19)13(21)12(10)20/h4-5,8-9H,2-3,6-7H2,1H3/t8-/m1/s1. The summed E-state index contributed by atoms with van der Waals surface area (Å²) in [5, 5.41) is 9.09. The molecule has 3 aromatic rings. The number of hydrogen-bond acceptors (Lipinski definition) is 6. The number of rotatable bonds is 3. The average Bonchev–Trinajstić information content (AvgIpc) is 3.28. The van der Waals surface area contributed by atoms with Crippen molar-refractivity contribution in [3.63, 3.8) is 0 Å². The average molecular weight is 420 g/mol. The summed E-state index contributed by atoms with van der Waals surface area (Å²) in [5.41, 5.74) is -0.512. The molecular formula is C18H15F3N6OS. The SMILES string of the molecule is C[C@@H]1c2nnc(-c3nc(C4CC4)ns3)n2CCN1C(=O)c1ccc(F)c(F)c1F. The largest absolute Gasteiger partial charge is 0.327 e. The predicted octanol–water partition coefficient (Wildman–Crippen LogP) is 3.31. The Labute approximate surface area is 167 Å². The highest BCUT2D eigenvalue weighted by Gasteiger charge is 2.35. The molecule has 1 saturated carbocycles. The van der Waals surface area contributed by atoms with Gasteiger partial charge in [0.2, 0.25) is 0 Å². The van der Waals surface area contributed by atoms with Crippen LogP contribution in [0.25, 0.3) is 10.8 Å². The summed E-state index contributed by atoms with van der Waals surface area (Å²) in [6.07, 6.45) is 2.20. The number of carbonyl (C=O) groups excluding carboxylic acids is 1. The van der Waals surface area contributed by atoms with E-state index in [1.807, 2.05) is 4.57 Å². The van der Waals surface area contributed by atoms with Crippen LogP contribution in [0, 0.1) is 17.5 Å². The molecule has 3 heterocycles. The molecule has 0 bridgehead atoms. The van der Waals surface area contributed by atoms with E-state index in [9.17, 15) is 18.0 Å². The highest BCUT2D eigenvalue weighted by Crippen LogP contribution is 2.40. The number of aromatic nitrogens is 5. The van der Waals surface area contributed by atoms with Crippen molar-refractivity contribution in [1.29, 1.82) is 0 Å². The third-order valence-corrected chi connectivity index (χ3v) is 6.01. The van der Waals surface area contributed by atoms with Gasteiger partial charge in [-0.3, -0.25) is 4.79 Å². The number of carbonyl (C=O) groups is 1. The van der Waals surface area contributed by atoms with Gasteiger partial charge in [0.25, 0.3) is 5.91 Å². The minimum atomic E-state index is -1.66. The lowest BCUT2D eigenvalue weighted by molar-refractivity contribution is 0.0632. The zero-order chi connectivity index (χ0) is 20.3. The molecule has 150 valence electrons. The molecule has 7 nitrogen and oxygen atoms in total. The summed E-state index contributed by atoms with van der Waals surface area (Å²) < 4.78 is 47.1. The summed E-state index contributed by atoms with van der Waals surface area (Å²) in [5.74, 6) is -2.84. The fourth-order valence-corrected chi connectivity index (χ4v) is 4.24. The Hall–Kier alpha value is -2.82. The minimum absolute atomic E-state index is 0.241. The van der Waals surface area contributed by atoms with E-state index in [4.69, 9.17) is 0 Å². The fourth-order valence-electron chi connectivity index (χ4n) is 3.50. The van der Waals surface area contributed by atoms with Gasteiger partial charge in [0.05, 0.1) is 11.6 Å². The summed E-state index contributed by atoms with van der Waals surface area (Å²) in [6.45, 7) is 2.34. The Kier molecular flexibility index (Phi) is 4.16. The molecular weight excluding hydrogens is 405 g/mol. The van der Waals surface area contributed by atoms with Crippen molar-refractivity contribution in [2.75, 3.05) is 6.54 Å². The number of halogens is 3. The van der Waals surface area contributed by atoms with Crippen LogP contribution in [0.4, 0.5) is 13.2 Å². The van der Waals surface area contributed by atoms with Crippen LogP contribution in [0.2, 0.25) is 0 Å². The second-order valence-electron chi connectivity index (χ2n) is 7.16. The van der Waals surface area contributed by atoms with Gasteiger partial charge in [-0.1, -0.05) is 0 Å². The molecule has 1 atom stereocenters. The molecule has 1 amide bonds. The number of amides is 1. The van der Waals surface area contributed by atoms with Crippen LogP contribution >= 0.6 is 11.5 Å². The van der Waals surface area contributed by atoms with E-state index in [2.05, 4.69) is 19.6 Å². The Balaban J connectivity index is 1.44. The van der Waals surface area contributed by atoms with Gasteiger partial charge >= 0.3 is 0 Å². The zero-order valence-electron chi connectivity index (χ0n) is 15.3. The maximum Gasteiger partial charge on any atom is 0.257 e. The van der Waals surface area contributed by atoms with Crippen molar-refractivity contribution in [3.05, 3.63) is 46.8 Å². The lowest BCUT2D eigenvalue weighted by Gasteiger charge is -2.33. The molecule has 0 spiro atoms. The van der Waals surface area contributed by atoms with E-state index in [1.54, 1.807) is 6.92 Å². The second kappa shape index (κ2) is 6.61. The van der Waals surface area contributed by atoms with E-state index in [1.165, 1.54) is 16.4 Å². The van der Waals surface area contributed by atoms with Crippen LogP contribution in [-0.2, 0) is 6.54 Å². The smallest absolute Gasteiger partial charge is 0.257 e. The molecule has 0 N–H and O–H groups in total. The molecule has 0 radical (unpaired) electrons. The molecule has 1 aliphatic carbocycles. The van der Waals surface area contributed by atoms with E-state index in [0.717, 1.165) is 30.8 Å². The molecule has 1 aromatic carbocycles. The first-order valence-electron chi connectivity index (χ1n) is 9.17. The summed E-state index contributed by atoms with van der Waals surface area (Å²) in [7, 11) is 0.